The molecule has 4 heteroatoms. The Labute approximate surface area is 214 Å². The number of nitrogens with zero attached hydrogens (tertiary/aromatic N) is 3. The largest absolute Gasteiger partial charge is 0.294 e. The summed E-state index contributed by atoms with van der Waals surface area (Å²) in [6.07, 6.45) is 3.78. The Kier molecular flexibility index (Phi) is 5.75. The Bertz CT molecular complexity index is 1700. The molecule has 0 atom stereocenters. The average Bonchev–Trinajstić information content (AvgIpc) is 3.38. The number of aromatic nitrogens is 1. The number of fused-ring (bicyclic) bond motifs is 2. The van der Waals surface area contributed by atoms with Crippen LogP contribution in [0.4, 0.5) is 17.2 Å². The third kappa shape index (κ3) is 4.13. The lowest BCUT2D eigenvalue weighted by Gasteiger charge is -2.25. The van der Waals surface area contributed by atoms with Gasteiger partial charge in [0.1, 0.15) is 5.82 Å². The topological polar surface area (TPSA) is 20.5 Å². The van der Waals surface area contributed by atoms with E-state index in [4.69, 9.17) is 6.57 Å². The summed E-state index contributed by atoms with van der Waals surface area (Å²) in [5.74, 6) is 0.851. The van der Waals surface area contributed by atoms with Gasteiger partial charge in [0, 0.05) is 26.8 Å². The number of hydrogen-bond donors (Lipinski definition) is 0. The van der Waals surface area contributed by atoms with Gasteiger partial charge in [-0.15, -0.1) is 11.3 Å². The van der Waals surface area contributed by atoms with Gasteiger partial charge < -0.3 is 0 Å². The molecule has 170 valence electrons. The lowest BCUT2D eigenvalue weighted by molar-refractivity contribution is 1.19. The molecule has 0 aliphatic heterocycles. The van der Waals surface area contributed by atoms with E-state index >= 15 is 0 Å². The predicted molar refractivity (Wildman–Crippen MR) is 153 cm³/mol. The minimum atomic E-state index is 0.652. The van der Waals surface area contributed by atoms with Gasteiger partial charge in [0.2, 0.25) is 5.70 Å². The van der Waals surface area contributed by atoms with Crippen LogP contribution in [0.25, 0.3) is 37.5 Å². The van der Waals surface area contributed by atoms with Crippen LogP contribution in [0.5, 0.6) is 0 Å². The van der Waals surface area contributed by atoms with E-state index in [2.05, 4.69) is 99.7 Å². The molecule has 6 aromatic rings. The maximum Gasteiger partial charge on any atom is 0.204 e. The Hall–Kier alpha value is -4.72. The number of pyridine rings is 1. The monoisotopic (exact) mass is 479 g/mol. The van der Waals surface area contributed by atoms with E-state index in [1.165, 1.54) is 15.5 Å². The summed E-state index contributed by atoms with van der Waals surface area (Å²) in [4.78, 5) is 11.7. The second kappa shape index (κ2) is 9.50. The molecule has 2 aromatic heterocycles. The highest BCUT2D eigenvalue weighted by Gasteiger charge is 2.16. The number of thiophene rings is 1. The summed E-state index contributed by atoms with van der Waals surface area (Å²) >= 11 is 1.65. The molecular weight excluding hydrogens is 458 g/mol. The molecular formula is C32H21N3S. The van der Waals surface area contributed by atoms with Gasteiger partial charge in [-0.3, -0.25) is 4.90 Å². The van der Waals surface area contributed by atoms with Crippen molar-refractivity contribution in [3.63, 3.8) is 0 Å². The van der Waals surface area contributed by atoms with Crippen molar-refractivity contribution in [2.24, 2.45) is 0 Å². The Morgan fingerprint density at radius 1 is 0.778 bits per heavy atom. The molecule has 36 heavy (non-hydrogen) atoms. The number of anilines is 3. The van der Waals surface area contributed by atoms with Crippen LogP contribution in [0, 0.1) is 6.57 Å². The Morgan fingerprint density at radius 3 is 2.31 bits per heavy atom. The molecule has 0 amide bonds. The highest BCUT2D eigenvalue weighted by Crippen LogP contribution is 2.38. The first-order valence-electron chi connectivity index (χ1n) is 11.7. The predicted octanol–water partition coefficient (Wildman–Crippen LogP) is 9.34. The summed E-state index contributed by atoms with van der Waals surface area (Å²) < 4.78 is 1.19. The molecule has 0 aliphatic rings. The minimum absolute atomic E-state index is 0.652. The van der Waals surface area contributed by atoms with Crippen LogP contribution in [0.15, 0.2) is 121 Å². The quantitative estimate of drug-likeness (QED) is 0.230. The van der Waals surface area contributed by atoms with Crippen molar-refractivity contribution in [2.75, 3.05) is 4.90 Å². The zero-order chi connectivity index (χ0) is 24.3. The zero-order valence-electron chi connectivity index (χ0n) is 19.4. The first-order chi connectivity index (χ1) is 17.8. The molecule has 2 heterocycles. The summed E-state index contributed by atoms with van der Waals surface area (Å²) in [7, 11) is 0. The van der Waals surface area contributed by atoms with Gasteiger partial charge in [-0.1, -0.05) is 72.8 Å². The maximum absolute atomic E-state index is 7.78. The third-order valence-corrected chi connectivity index (χ3v) is 7.28. The molecule has 0 N–H and O–H groups in total. The van der Waals surface area contributed by atoms with Crippen molar-refractivity contribution in [1.29, 1.82) is 0 Å². The van der Waals surface area contributed by atoms with Crippen LogP contribution in [0.3, 0.4) is 0 Å². The molecule has 0 saturated heterocycles. The van der Waals surface area contributed by atoms with Gasteiger partial charge in [0.05, 0.1) is 12.3 Å². The highest BCUT2D eigenvalue weighted by atomic mass is 32.1. The molecule has 0 bridgehead atoms. The number of rotatable bonds is 5. The van der Waals surface area contributed by atoms with Gasteiger partial charge in [-0.25, -0.2) is 9.83 Å². The van der Waals surface area contributed by atoms with E-state index in [1.807, 2.05) is 42.6 Å². The lowest BCUT2D eigenvalue weighted by Crippen LogP contribution is -2.11. The molecule has 4 aromatic carbocycles. The van der Waals surface area contributed by atoms with Crippen LogP contribution in [-0.2, 0) is 0 Å². The Morgan fingerprint density at radius 2 is 1.53 bits per heavy atom. The average molecular weight is 480 g/mol. The van der Waals surface area contributed by atoms with Crippen LogP contribution in [0.1, 0.15) is 10.4 Å². The molecule has 0 radical (unpaired) electrons. The number of hydrogen-bond acceptors (Lipinski definition) is 3. The molecule has 3 nitrogen and oxygen atoms in total. The SMILES string of the molecule is [C-]#[N+]C(=Cc1ccc(N(c2ccccn2)c2cccc3ccccc23)cc1)c1cc2ccccc2s1. The van der Waals surface area contributed by atoms with E-state index in [0.29, 0.717) is 5.70 Å². The normalized spacial score (nSPS) is 11.5. The van der Waals surface area contributed by atoms with Gasteiger partial charge in [-0.2, -0.15) is 0 Å². The van der Waals surface area contributed by atoms with Crippen molar-refractivity contribution < 1.29 is 0 Å². The summed E-state index contributed by atoms with van der Waals surface area (Å²) in [6, 6.07) is 39.4. The number of benzene rings is 4. The van der Waals surface area contributed by atoms with E-state index in [-0.39, 0.29) is 0 Å². The Balaban J connectivity index is 1.41. The van der Waals surface area contributed by atoms with Crippen molar-refractivity contribution in [1.82, 2.24) is 4.98 Å². The second-order valence-electron chi connectivity index (χ2n) is 8.40. The van der Waals surface area contributed by atoms with E-state index in [1.54, 1.807) is 11.3 Å². The molecule has 0 aliphatic carbocycles. The van der Waals surface area contributed by atoms with Crippen molar-refractivity contribution in [3.8, 4) is 0 Å². The fourth-order valence-electron chi connectivity index (χ4n) is 4.43. The van der Waals surface area contributed by atoms with E-state index in [0.717, 1.165) is 33.0 Å². The van der Waals surface area contributed by atoms with Gasteiger partial charge >= 0.3 is 0 Å². The first kappa shape index (κ1) is 21.8. The summed E-state index contributed by atoms with van der Waals surface area (Å²) in [5, 5.41) is 3.51. The van der Waals surface area contributed by atoms with E-state index < -0.39 is 0 Å². The van der Waals surface area contributed by atoms with Gasteiger partial charge in [0.25, 0.3) is 0 Å². The highest BCUT2D eigenvalue weighted by molar-refractivity contribution is 7.20. The molecule has 0 spiro atoms. The lowest BCUT2D eigenvalue weighted by atomic mass is 10.1. The third-order valence-electron chi connectivity index (χ3n) is 6.14. The van der Waals surface area contributed by atoms with Crippen LogP contribution in [0.2, 0.25) is 0 Å². The van der Waals surface area contributed by atoms with Crippen LogP contribution >= 0.6 is 11.3 Å². The summed E-state index contributed by atoms with van der Waals surface area (Å²) in [6.45, 7) is 7.78. The fourth-order valence-corrected chi connectivity index (χ4v) is 5.45. The molecule has 0 unspecified atom stereocenters. The minimum Gasteiger partial charge on any atom is -0.294 e. The second-order valence-corrected chi connectivity index (χ2v) is 9.49. The standard InChI is InChI=1S/C32H21N3S/c1-33-28(31-22-25-10-3-5-14-30(25)36-31)21-23-16-18-26(19-17-23)35(32-15-6-7-20-34-32)29-13-8-11-24-9-2-4-12-27(24)29/h2-22H. The molecule has 0 saturated carbocycles. The van der Waals surface area contributed by atoms with Crippen LogP contribution in [-0.4, -0.2) is 4.98 Å². The van der Waals surface area contributed by atoms with Crippen molar-refractivity contribution in [3.05, 3.63) is 143 Å². The van der Waals surface area contributed by atoms with Crippen molar-refractivity contribution in [2.45, 2.75) is 0 Å². The smallest absolute Gasteiger partial charge is 0.204 e. The zero-order valence-corrected chi connectivity index (χ0v) is 20.2. The van der Waals surface area contributed by atoms with Gasteiger partial charge in [0.15, 0.2) is 0 Å². The summed E-state index contributed by atoms with van der Waals surface area (Å²) in [5.41, 5.74) is 3.72. The maximum atomic E-state index is 7.78. The molecule has 0 fully saturated rings. The molecule has 6 rings (SSSR count). The fraction of sp³-hybridized carbons (Fsp3) is 0. The first-order valence-corrected chi connectivity index (χ1v) is 12.5. The van der Waals surface area contributed by atoms with Gasteiger partial charge in [-0.05, 0) is 64.9 Å². The van der Waals surface area contributed by atoms with E-state index in [9.17, 15) is 0 Å². The van der Waals surface area contributed by atoms with Crippen molar-refractivity contribution >= 4 is 61.2 Å². The van der Waals surface area contributed by atoms with Crippen LogP contribution < -0.4 is 4.90 Å².